The molecule has 0 aliphatic heterocycles. The fourth-order valence-electron chi connectivity index (χ4n) is 2.83. The van der Waals surface area contributed by atoms with E-state index in [1.54, 1.807) is 18.2 Å². The molecular weight excluding hydrogens is 286 g/mol. The van der Waals surface area contributed by atoms with Gasteiger partial charge in [-0.25, -0.2) is 0 Å². The highest BCUT2D eigenvalue weighted by Gasteiger charge is 2.28. The molecule has 0 radical (unpaired) electrons. The first-order valence-electron chi connectivity index (χ1n) is 7.50. The summed E-state index contributed by atoms with van der Waals surface area (Å²) in [6.07, 6.45) is 4.58. The average Bonchev–Trinajstić information content (AvgIpc) is 2.92. The minimum absolute atomic E-state index is 0.0220. The molecule has 4 nitrogen and oxygen atoms in total. The highest BCUT2D eigenvalue weighted by Crippen LogP contribution is 2.27. The maximum Gasteiger partial charge on any atom is 0.255 e. The minimum Gasteiger partial charge on any atom is -0.399 e. The molecule has 0 atom stereocenters. The second-order valence-electron chi connectivity index (χ2n) is 5.98. The minimum atomic E-state index is 0.0220. The van der Waals surface area contributed by atoms with Gasteiger partial charge in [0.15, 0.2) is 0 Å². The molecule has 1 aromatic rings. The van der Waals surface area contributed by atoms with Crippen molar-refractivity contribution in [2.75, 3.05) is 32.9 Å². The predicted octanol–water partition coefficient (Wildman–Crippen LogP) is 2.87. The number of nitrogen functional groups attached to an aromatic ring is 1. The predicted molar refractivity (Wildman–Crippen MR) is 87.7 cm³/mol. The van der Waals surface area contributed by atoms with Crippen LogP contribution in [-0.2, 0) is 0 Å². The average molecular weight is 310 g/mol. The standard InChI is InChI=1S/C16H24ClN3O/c1-19(2)9-10-20(13-5-3-4-6-13)16(21)14-8-7-12(18)11-15(14)17/h7-8,11,13H,3-6,9-10,18H2,1-2H3. The van der Waals surface area contributed by atoms with Crippen molar-refractivity contribution in [1.82, 2.24) is 9.80 Å². The first kappa shape index (κ1) is 16.1. The van der Waals surface area contributed by atoms with Gasteiger partial charge < -0.3 is 15.5 Å². The number of anilines is 1. The van der Waals surface area contributed by atoms with E-state index in [0.29, 0.717) is 22.3 Å². The molecule has 2 N–H and O–H groups in total. The zero-order valence-corrected chi connectivity index (χ0v) is 13.6. The zero-order valence-electron chi connectivity index (χ0n) is 12.8. The molecule has 0 spiro atoms. The van der Waals surface area contributed by atoms with E-state index in [1.165, 1.54) is 12.8 Å². The second kappa shape index (κ2) is 7.14. The Labute approximate surface area is 131 Å². The number of nitrogens with two attached hydrogens (primary N) is 1. The lowest BCUT2D eigenvalue weighted by Crippen LogP contribution is -2.42. The van der Waals surface area contributed by atoms with E-state index in [2.05, 4.69) is 4.90 Å². The molecule has 1 fully saturated rings. The van der Waals surface area contributed by atoms with Crippen molar-refractivity contribution >= 4 is 23.2 Å². The summed E-state index contributed by atoms with van der Waals surface area (Å²) in [4.78, 5) is 16.9. The van der Waals surface area contributed by atoms with Crippen LogP contribution in [0, 0.1) is 0 Å². The van der Waals surface area contributed by atoms with Crippen LogP contribution in [0.4, 0.5) is 5.69 Å². The van der Waals surface area contributed by atoms with Crippen molar-refractivity contribution in [2.45, 2.75) is 31.7 Å². The fourth-order valence-corrected chi connectivity index (χ4v) is 3.10. The van der Waals surface area contributed by atoms with Crippen molar-refractivity contribution in [3.8, 4) is 0 Å². The van der Waals surface area contributed by atoms with Gasteiger partial charge in [0.2, 0.25) is 0 Å². The Morgan fingerprint density at radius 1 is 1.29 bits per heavy atom. The number of hydrogen-bond acceptors (Lipinski definition) is 3. The number of benzene rings is 1. The monoisotopic (exact) mass is 309 g/mol. The van der Waals surface area contributed by atoms with Crippen molar-refractivity contribution in [3.05, 3.63) is 28.8 Å². The number of likely N-dealkylation sites (N-methyl/N-ethyl adjacent to an activating group) is 1. The molecule has 1 aliphatic carbocycles. The van der Waals surface area contributed by atoms with Crippen LogP contribution in [0.25, 0.3) is 0 Å². The first-order valence-corrected chi connectivity index (χ1v) is 7.87. The van der Waals surface area contributed by atoms with Crippen LogP contribution >= 0.6 is 11.6 Å². The molecule has 0 bridgehead atoms. The molecular formula is C16H24ClN3O. The molecule has 1 aliphatic rings. The van der Waals surface area contributed by atoms with E-state index in [1.807, 2.05) is 19.0 Å². The quantitative estimate of drug-likeness (QED) is 0.851. The topological polar surface area (TPSA) is 49.6 Å². The fraction of sp³-hybridized carbons (Fsp3) is 0.562. The molecule has 0 unspecified atom stereocenters. The van der Waals surface area contributed by atoms with Crippen molar-refractivity contribution in [1.29, 1.82) is 0 Å². The Balaban J connectivity index is 2.19. The number of hydrogen-bond donors (Lipinski definition) is 1. The molecule has 1 amide bonds. The smallest absolute Gasteiger partial charge is 0.255 e. The summed E-state index contributed by atoms with van der Waals surface area (Å²) in [5, 5.41) is 0.438. The summed E-state index contributed by atoms with van der Waals surface area (Å²) in [6, 6.07) is 5.45. The van der Waals surface area contributed by atoms with Crippen LogP contribution < -0.4 is 5.73 Å². The summed E-state index contributed by atoms with van der Waals surface area (Å²) >= 11 is 6.20. The summed E-state index contributed by atoms with van der Waals surface area (Å²) in [7, 11) is 4.04. The number of carbonyl (C=O) groups is 1. The van der Waals surface area contributed by atoms with E-state index >= 15 is 0 Å². The van der Waals surface area contributed by atoms with Crippen LogP contribution in [-0.4, -0.2) is 48.9 Å². The van der Waals surface area contributed by atoms with Gasteiger partial charge in [-0.2, -0.15) is 0 Å². The van der Waals surface area contributed by atoms with Gasteiger partial charge in [-0.3, -0.25) is 4.79 Å². The zero-order chi connectivity index (χ0) is 15.4. The van der Waals surface area contributed by atoms with Gasteiger partial charge in [0.25, 0.3) is 5.91 Å². The molecule has 5 heteroatoms. The third-order valence-electron chi connectivity index (χ3n) is 4.04. The Bertz CT molecular complexity index is 498. The van der Waals surface area contributed by atoms with Crippen LogP contribution in [0.2, 0.25) is 5.02 Å². The van der Waals surface area contributed by atoms with Crippen molar-refractivity contribution in [2.24, 2.45) is 0 Å². The molecule has 1 aromatic carbocycles. The van der Waals surface area contributed by atoms with E-state index in [0.717, 1.165) is 25.9 Å². The van der Waals surface area contributed by atoms with Crippen LogP contribution in [0.15, 0.2) is 18.2 Å². The van der Waals surface area contributed by atoms with Gasteiger partial charge in [0.05, 0.1) is 10.6 Å². The number of nitrogens with zero attached hydrogens (tertiary/aromatic N) is 2. The Morgan fingerprint density at radius 3 is 2.52 bits per heavy atom. The van der Waals surface area contributed by atoms with E-state index in [-0.39, 0.29) is 5.91 Å². The number of carbonyl (C=O) groups excluding carboxylic acids is 1. The van der Waals surface area contributed by atoms with Gasteiger partial charge in [0, 0.05) is 24.8 Å². The Hall–Kier alpha value is -1.26. The lowest BCUT2D eigenvalue weighted by atomic mass is 10.1. The molecule has 0 aromatic heterocycles. The van der Waals surface area contributed by atoms with Gasteiger partial charge in [-0.1, -0.05) is 24.4 Å². The summed E-state index contributed by atoms with van der Waals surface area (Å²) in [5.74, 6) is 0.0220. The normalized spacial score (nSPS) is 15.6. The van der Waals surface area contributed by atoms with Crippen molar-refractivity contribution < 1.29 is 4.79 Å². The van der Waals surface area contributed by atoms with Gasteiger partial charge >= 0.3 is 0 Å². The molecule has 0 heterocycles. The van der Waals surface area contributed by atoms with E-state index in [4.69, 9.17) is 17.3 Å². The summed E-state index contributed by atoms with van der Waals surface area (Å²) in [5.41, 5.74) is 6.84. The maximum atomic E-state index is 12.9. The van der Waals surface area contributed by atoms with E-state index < -0.39 is 0 Å². The number of rotatable bonds is 5. The van der Waals surface area contributed by atoms with E-state index in [9.17, 15) is 4.79 Å². The van der Waals surface area contributed by atoms with Gasteiger partial charge in [-0.15, -0.1) is 0 Å². The molecule has 116 valence electrons. The van der Waals surface area contributed by atoms with Crippen LogP contribution in [0.5, 0.6) is 0 Å². The molecule has 1 saturated carbocycles. The lowest BCUT2D eigenvalue weighted by molar-refractivity contribution is 0.0668. The van der Waals surface area contributed by atoms with Gasteiger partial charge in [-0.05, 0) is 45.1 Å². The SMILES string of the molecule is CN(C)CCN(C(=O)c1ccc(N)cc1Cl)C1CCCC1. The van der Waals surface area contributed by atoms with Gasteiger partial charge in [0.1, 0.15) is 0 Å². The highest BCUT2D eigenvalue weighted by molar-refractivity contribution is 6.34. The maximum absolute atomic E-state index is 12.9. The summed E-state index contributed by atoms with van der Waals surface area (Å²) in [6.45, 7) is 1.59. The second-order valence-corrected chi connectivity index (χ2v) is 6.39. The summed E-state index contributed by atoms with van der Waals surface area (Å²) < 4.78 is 0. The largest absolute Gasteiger partial charge is 0.399 e. The third kappa shape index (κ3) is 4.11. The Kier molecular flexibility index (Phi) is 5.48. The highest BCUT2D eigenvalue weighted by atomic mass is 35.5. The number of halogens is 1. The molecule has 21 heavy (non-hydrogen) atoms. The Morgan fingerprint density at radius 2 is 1.95 bits per heavy atom. The molecule has 0 saturated heterocycles. The van der Waals surface area contributed by atoms with Crippen LogP contribution in [0.1, 0.15) is 36.0 Å². The lowest BCUT2D eigenvalue weighted by Gasteiger charge is -2.30. The van der Waals surface area contributed by atoms with Crippen LogP contribution in [0.3, 0.4) is 0 Å². The first-order chi connectivity index (χ1) is 9.99. The third-order valence-corrected chi connectivity index (χ3v) is 4.35. The molecule has 2 rings (SSSR count). The number of amides is 1. The van der Waals surface area contributed by atoms with Crippen molar-refractivity contribution in [3.63, 3.8) is 0 Å².